The Morgan fingerprint density at radius 3 is 2.70 bits per heavy atom. The van der Waals surface area contributed by atoms with E-state index in [2.05, 4.69) is 4.98 Å². The minimum absolute atomic E-state index is 0.0344. The molecule has 1 aliphatic rings. The molecule has 2 aromatic carbocycles. The lowest BCUT2D eigenvalue weighted by Gasteiger charge is -2.19. The molecule has 0 saturated heterocycles. The summed E-state index contributed by atoms with van der Waals surface area (Å²) >= 11 is 6.16. The molecule has 0 spiro atoms. The molecule has 0 bridgehead atoms. The van der Waals surface area contributed by atoms with E-state index in [1.165, 1.54) is 22.8 Å². The van der Waals surface area contributed by atoms with E-state index < -0.39 is 23.3 Å². The quantitative estimate of drug-likeness (QED) is 0.719. The van der Waals surface area contributed by atoms with Crippen molar-refractivity contribution in [2.75, 3.05) is 0 Å². The van der Waals surface area contributed by atoms with Gasteiger partial charge in [0.2, 0.25) is 5.91 Å². The third-order valence-corrected chi connectivity index (χ3v) is 5.08. The summed E-state index contributed by atoms with van der Waals surface area (Å²) in [5, 5.41) is 0.0585. The first-order chi connectivity index (χ1) is 12.9. The number of rotatable bonds is 4. The molecule has 27 heavy (non-hydrogen) atoms. The summed E-state index contributed by atoms with van der Waals surface area (Å²) in [6.45, 7) is 0. The molecule has 0 aliphatic heterocycles. The van der Waals surface area contributed by atoms with Crippen LogP contribution in [0.15, 0.2) is 41.2 Å². The SMILES string of the molecule is NC(=O)c1cccc(-n2c(C(N)C3CC3)nc3c(F)ccc(Cl)c3c2=O)c1. The number of aromatic nitrogens is 2. The molecule has 8 heteroatoms. The van der Waals surface area contributed by atoms with E-state index in [1.54, 1.807) is 18.2 Å². The van der Waals surface area contributed by atoms with Crippen LogP contribution in [0.4, 0.5) is 4.39 Å². The molecule has 1 atom stereocenters. The molecule has 4 N–H and O–H groups in total. The molecule has 0 radical (unpaired) electrons. The normalized spacial score (nSPS) is 15.1. The van der Waals surface area contributed by atoms with E-state index >= 15 is 0 Å². The van der Waals surface area contributed by atoms with Gasteiger partial charge in [0.05, 0.1) is 22.1 Å². The van der Waals surface area contributed by atoms with Gasteiger partial charge in [-0.1, -0.05) is 17.7 Å². The number of nitrogens with zero attached hydrogens (tertiary/aromatic N) is 2. The molecule has 1 fully saturated rings. The van der Waals surface area contributed by atoms with Crippen LogP contribution in [0.1, 0.15) is 35.1 Å². The summed E-state index contributed by atoms with van der Waals surface area (Å²) < 4.78 is 15.6. The van der Waals surface area contributed by atoms with Gasteiger partial charge in [-0.2, -0.15) is 0 Å². The average Bonchev–Trinajstić information content (AvgIpc) is 3.49. The Bertz CT molecular complexity index is 1140. The predicted molar refractivity (Wildman–Crippen MR) is 100 cm³/mol. The van der Waals surface area contributed by atoms with Gasteiger partial charge in [-0.3, -0.25) is 14.2 Å². The topological polar surface area (TPSA) is 104 Å². The first-order valence-corrected chi connectivity index (χ1v) is 8.82. The first-order valence-electron chi connectivity index (χ1n) is 8.45. The van der Waals surface area contributed by atoms with E-state index in [-0.39, 0.29) is 33.2 Å². The lowest BCUT2D eigenvalue weighted by Crippen LogP contribution is -2.30. The van der Waals surface area contributed by atoms with Gasteiger partial charge in [0.25, 0.3) is 5.56 Å². The van der Waals surface area contributed by atoms with Gasteiger partial charge in [0, 0.05) is 5.56 Å². The highest BCUT2D eigenvalue weighted by molar-refractivity contribution is 6.35. The molecular weight excluding hydrogens is 371 g/mol. The monoisotopic (exact) mass is 386 g/mol. The zero-order valence-electron chi connectivity index (χ0n) is 14.2. The summed E-state index contributed by atoms with van der Waals surface area (Å²) in [4.78, 5) is 29.2. The Balaban J connectivity index is 2.08. The zero-order chi connectivity index (χ0) is 19.3. The second-order valence-corrected chi connectivity index (χ2v) is 7.05. The Labute approximate surface area is 158 Å². The van der Waals surface area contributed by atoms with Crippen LogP contribution in [-0.2, 0) is 0 Å². The summed E-state index contributed by atoms with van der Waals surface area (Å²) in [7, 11) is 0. The Hall–Kier alpha value is -2.77. The van der Waals surface area contributed by atoms with Crippen molar-refractivity contribution in [3.8, 4) is 5.69 Å². The number of nitrogens with two attached hydrogens (primary N) is 2. The maximum Gasteiger partial charge on any atom is 0.267 e. The van der Waals surface area contributed by atoms with Gasteiger partial charge in [0.1, 0.15) is 17.2 Å². The number of halogens is 2. The van der Waals surface area contributed by atoms with Crippen molar-refractivity contribution in [3.63, 3.8) is 0 Å². The van der Waals surface area contributed by atoms with Crippen molar-refractivity contribution in [3.05, 3.63) is 69.0 Å². The number of hydrogen-bond acceptors (Lipinski definition) is 4. The van der Waals surface area contributed by atoms with Gasteiger partial charge >= 0.3 is 0 Å². The molecule has 1 aromatic heterocycles. The van der Waals surface area contributed by atoms with E-state index in [0.717, 1.165) is 12.8 Å². The molecule has 1 aliphatic carbocycles. The number of fused-ring (bicyclic) bond motifs is 1. The molecule has 1 heterocycles. The number of amides is 1. The fourth-order valence-electron chi connectivity index (χ4n) is 3.17. The van der Waals surface area contributed by atoms with Crippen LogP contribution in [0, 0.1) is 11.7 Å². The van der Waals surface area contributed by atoms with Gasteiger partial charge in [-0.05, 0) is 49.1 Å². The Morgan fingerprint density at radius 1 is 1.30 bits per heavy atom. The molecule has 138 valence electrons. The molecular formula is C19H16ClFN4O2. The molecule has 3 aromatic rings. The first kappa shape index (κ1) is 17.6. The number of carbonyl (C=O) groups excluding carboxylic acids is 1. The molecule has 4 rings (SSSR count). The highest BCUT2D eigenvalue weighted by atomic mass is 35.5. The highest BCUT2D eigenvalue weighted by Crippen LogP contribution is 2.39. The molecule has 1 unspecified atom stereocenters. The molecule has 1 amide bonds. The maximum atomic E-state index is 14.3. The summed E-state index contributed by atoms with van der Waals surface area (Å²) in [5.41, 5.74) is 11.6. The van der Waals surface area contributed by atoms with E-state index in [0.29, 0.717) is 5.69 Å². The van der Waals surface area contributed by atoms with E-state index in [1.807, 2.05) is 0 Å². The minimum Gasteiger partial charge on any atom is -0.366 e. The van der Waals surface area contributed by atoms with Crippen LogP contribution in [0.3, 0.4) is 0 Å². The third kappa shape index (κ3) is 2.98. The van der Waals surface area contributed by atoms with Crippen LogP contribution < -0.4 is 17.0 Å². The highest BCUT2D eigenvalue weighted by Gasteiger charge is 2.33. The summed E-state index contributed by atoms with van der Waals surface area (Å²) in [6.07, 6.45) is 1.82. The smallest absolute Gasteiger partial charge is 0.267 e. The van der Waals surface area contributed by atoms with Crippen LogP contribution in [0.2, 0.25) is 5.02 Å². The van der Waals surface area contributed by atoms with Crippen LogP contribution in [0.25, 0.3) is 16.6 Å². The second-order valence-electron chi connectivity index (χ2n) is 6.64. The van der Waals surface area contributed by atoms with Crippen molar-refractivity contribution in [2.45, 2.75) is 18.9 Å². The fraction of sp³-hybridized carbons (Fsp3) is 0.211. The molecule has 6 nitrogen and oxygen atoms in total. The Morgan fingerprint density at radius 2 is 2.04 bits per heavy atom. The maximum absolute atomic E-state index is 14.3. The number of primary amides is 1. The van der Waals surface area contributed by atoms with E-state index in [4.69, 9.17) is 23.1 Å². The van der Waals surface area contributed by atoms with Crippen molar-refractivity contribution < 1.29 is 9.18 Å². The largest absolute Gasteiger partial charge is 0.366 e. The van der Waals surface area contributed by atoms with Gasteiger partial charge in [-0.25, -0.2) is 9.37 Å². The van der Waals surface area contributed by atoms with Crippen LogP contribution >= 0.6 is 11.6 Å². The predicted octanol–water partition coefficient (Wildman–Crippen LogP) is 2.69. The molecule has 1 saturated carbocycles. The van der Waals surface area contributed by atoms with E-state index in [9.17, 15) is 14.0 Å². The lowest BCUT2D eigenvalue weighted by atomic mass is 10.1. The lowest BCUT2D eigenvalue weighted by molar-refractivity contribution is 0.1000. The third-order valence-electron chi connectivity index (χ3n) is 4.77. The van der Waals surface area contributed by atoms with Crippen molar-refractivity contribution in [1.82, 2.24) is 9.55 Å². The fourth-order valence-corrected chi connectivity index (χ4v) is 3.41. The number of hydrogen-bond donors (Lipinski definition) is 2. The summed E-state index contributed by atoms with van der Waals surface area (Å²) in [6, 6.07) is 8.20. The van der Waals surface area contributed by atoms with Crippen molar-refractivity contribution in [1.29, 1.82) is 0 Å². The minimum atomic E-state index is -0.645. The van der Waals surface area contributed by atoms with Gasteiger partial charge < -0.3 is 11.5 Å². The van der Waals surface area contributed by atoms with Crippen LogP contribution in [0.5, 0.6) is 0 Å². The van der Waals surface area contributed by atoms with Crippen LogP contribution in [-0.4, -0.2) is 15.5 Å². The van der Waals surface area contributed by atoms with Crippen molar-refractivity contribution >= 4 is 28.4 Å². The summed E-state index contributed by atoms with van der Waals surface area (Å²) in [5.74, 6) is -0.871. The second kappa shape index (κ2) is 6.44. The van der Waals surface area contributed by atoms with Gasteiger partial charge in [-0.15, -0.1) is 0 Å². The average molecular weight is 387 g/mol. The Kier molecular flexibility index (Phi) is 4.20. The number of benzene rings is 2. The standard InChI is InChI=1S/C19H16ClFN4O2/c20-12-6-7-13(21)16-14(12)19(27)25(18(24-16)15(22)9-4-5-9)11-3-1-2-10(8-11)17(23)26/h1-3,6-9,15H,4-5,22H2,(H2,23,26). The number of carbonyl (C=O) groups is 1. The van der Waals surface area contributed by atoms with Crippen molar-refractivity contribution in [2.24, 2.45) is 17.4 Å². The zero-order valence-corrected chi connectivity index (χ0v) is 14.9. The van der Waals surface area contributed by atoms with Gasteiger partial charge in [0.15, 0.2) is 0 Å².